The molecule has 3 heterocycles. The average molecular weight is 269 g/mol. The lowest BCUT2D eigenvalue weighted by molar-refractivity contribution is 0.0763. The van der Waals surface area contributed by atoms with Gasteiger partial charge in [-0.15, -0.1) is 0 Å². The summed E-state index contributed by atoms with van der Waals surface area (Å²) in [5.41, 5.74) is 6.53. The number of nitrogens with two attached hydrogens (primary N) is 1. The minimum atomic E-state index is 0.337. The second kappa shape index (κ2) is 5.70. The SMILES string of the molecule is NCC1(N2CCCN3CCCC3C2)CCSCC1. The van der Waals surface area contributed by atoms with Gasteiger partial charge in [-0.3, -0.25) is 9.80 Å². The van der Waals surface area contributed by atoms with E-state index in [2.05, 4.69) is 21.6 Å². The Kier molecular flexibility index (Phi) is 4.18. The zero-order chi connectivity index (χ0) is 12.4. The molecule has 3 fully saturated rings. The maximum absolute atomic E-state index is 6.19. The Hall–Kier alpha value is 0.230. The molecule has 104 valence electrons. The lowest BCUT2D eigenvalue weighted by Gasteiger charge is -2.46. The molecule has 0 aliphatic carbocycles. The predicted molar refractivity (Wildman–Crippen MR) is 79.1 cm³/mol. The summed E-state index contributed by atoms with van der Waals surface area (Å²) in [5, 5.41) is 0. The van der Waals surface area contributed by atoms with Crippen molar-refractivity contribution >= 4 is 11.8 Å². The van der Waals surface area contributed by atoms with Gasteiger partial charge < -0.3 is 5.73 Å². The molecular formula is C14H27N3S. The third-order valence-electron chi connectivity index (χ3n) is 5.28. The summed E-state index contributed by atoms with van der Waals surface area (Å²) in [5.74, 6) is 2.62. The average Bonchev–Trinajstić information content (AvgIpc) is 2.76. The van der Waals surface area contributed by atoms with E-state index in [1.165, 1.54) is 69.8 Å². The normalized spacial score (nSPS) is 34.2. The predicted octanol–water partition coefficient (Wildman–Crippen LogP) is 1.38. The third kappa shape index (κ3) is 2.45. The fourth-order valence-electron chi connectivity index (χ4n) is 4.04. The molecule has 3 aliphatic rings. The first-order valence-corrected chi connectivity index (χ1v) is 8.76. The molecule has 18 heavy (non-hydrogen) atoms. The number of rotatable bonds is 2. The molecule has 0 spiro atoms. The van der Waals surface area contributed by atoms with Crippen molar-refractivity contribution in [3.8, 4) is 0 Å². The lowest BCUT2D eigenvalue weighted by Crippen LogP contribution is -2.57. The van der Waals surface area contributed by atoms with Crippen molar-refractivity contribution in [1.29, 1.82) is 0 Å². The van der Waals surface area contributed by atoms with Gasteiger partial charge in [0.15, 0.2) is 0 Å². The second-order valence-corrected chi connectivity index (χ2v) is 7.40. The highest BCUT2D eigenvalue weighted by Gasteiger charge is 2.40. The van der Waals surface area contributed by atoms with Gasteiger partial charge in [0.05, 0.1) is 0 Å². The summed E-state index contributed by atoms with van der Waals surface area (Å²) in [6, 6.07) is 0.825. The fraction of sp³-hybridized carbons (Fsp3) is 1.00. The number of thioether (sulfide) groups is 1. The lowest BCUT2D eigenvalue weighted by atomic mass is 9.89. The summed E-state index contributed by atoms with van der Waals surface area (Å²) in [6.45, 7) is 6.07. The van der Waals surface area contributed by atoms with E-state index in [0.29, 0.717) is 5.54 Å². The molecule has 2 N–H and O–H groups in total. The Bertz CT molecular complexity index is 278. The summed E-state index contributed by atoms with van der Waals surface area (Å²) < 4.78 is 0. The van der Waals surface area contributed by atoms with Crippen LogP contribution < -0.4 is 5.73 Å². The molecule has 4 heteroatoms. The smallest absolute Gasteiger partial charge is 0.0348 e. The maximum Gasteiger partial charge on any atom is 0.0348 e. The Labute approximate surface area is 115 Å². The van der Waals surface area contributed by atoms with Crippen molar-refractivity contribution in [2.75, 3.05) is 44.2 Å². The van der Waals surface area contributed by atoms with Gasteiger partial charge in [0, 0.05) is 31.2 Å². The van der Waals surface area contributed by atoms with Gasteiger partial charge in [0.2, 0.25) is 0 Å². The Morgan fingerprint density at radius 3 is 2.67 bits per heavy atom. The van der Waals surface area contributed by atoms with Crippen LogP contribution >= 0.6 is 11.8 Å². The van der Waals surface area contributed by atoms with Crippen LogP contribution in [0, 0.1) is 0 Å². The summed E-state index contributed by atoms with van der Waals surface area (Å²) in [7, 11) is 0. The molecule has 3 nitrogen and oxygen atoms in total. The largest absolute Gasteiger partial charge is 0.329 e. The molecule has 3 saturated heterocycles. The fourth-order valence-corrected chi connectivity index (χ4v) is 5.29. The quantitative estimate of drug-likeness (QED) is 0.821. The number of hydrogen-bond acceptors (Lipinski definition) is 4. The van der Waals surface area contributed by atoms with Crippen LogP contribution in [0.15, 0.2) is 0 Å². The molecule has 0 bridgehead atoms. The van der Waals surface area contributed by atoms with E-state index in [0.717, 1.165) is 12.6 Å². The van der Waals surface area contributed by atoms with E-state index in [-0.39, 0.29) is 0 Å². The first kappa shape index (κ1) is 13.2. The van der Waals surface area contributed by atoms with E-state index in [9.17, 15) is 0 Å². The number of fused-ring (bicyclic) bond motifs is 1. The first-order chi connectivity index (χ1) is 8.84. The molecule has 1 atom stereocenters. The van der Waals surface area contributed by atoms with Gasteiger partial charge in [0.1, 0.15) is 0 Å². The highest BCUT2D eigenvalue weighted by molar-refractivity contribution is 7.99. The molecule has 1 unspecified atom stereocenters. The molecule has 0 saturated carbocycles. The molecule has 0 aromatic rings. The van der Waals surface area contributed by atoms with E-state index >= 15 is 0 Å². The Morgan fingerprint density at radius 1 is 1.11 bits per heavy atom. The van der Waals surface area contributed by atoms with Crippen molar-refractivity contribution in [2.24, 2.45) is 5.73 Å². The second-order valence-electron chi connectivity index (χ2n) is 6.17. The van der Waals surface area contributed by atoms with Gasteiger partial charge in [0.25, 0.3) is 0 Å². The maximum atomic E-state index is 6.19. The van der Waals surface area contributed by atoms with E-state index in [1.54, 1.807) is 0 Å². The number of hydrogen-bond donors (Lipinski definition) is 1. The topological polar surface area (TPSA) is 32.5 Å². The van der Waals surface area contributed by atoms with Crippen molar-refractivity contribution in [3.05, 3.63) is 0 Å². The van der Waals surface area contributed by atoms with E-state index in [4.69, 9.17) is 5.73 Å². The van der Waals surface area contributed by atoms with Crippen molar-refractivity contribution in [2.45, 2.75) is 43.7 Å². The van der Waals surface area contributed by atoms with Gasteiger partial charge >= 0.3 is 0 Å². The van der Waals surface area contributed by atoms with Gasteiger partial charge in [-0.2, -0.15) is 11.8 Å². The minimum Gasteiger partial charge on any atom is -0.329 e. The molecule has 3 aliphatic heterocycles. The third-order valence-corrected chi connectivity index (χ3v) is 6.26. The van der Waals surface area contributed by atoms with Gasteiger partial charge in [-0.25, -0.2) is 0 Å². The van der Waals surface area contributed by atoms with Crippen LogP contribution in [0.1, 0.15) is 32.1 Å². The Balaban J connectivity index is 1.72. The highest BCUT2D eigenvalue weighted by atomic mass is 32.2. The van der Waals surface area contributed by atoms with Gasteiger partial charge in [-0.1, -0.05) is 0 Å². The van der Waals surface area contributed by atoms with Crippen LogP contribution in [0.4, 0.5) is 0 Å². The standard InChI is InChI=1S/C14H27N3S/c15-12-14(4-9-18-10-5-14)17-8-2-7-16-6-1-3-13(16)11-17/h13H,1-12,15H2. The minimum absolute atomic E-state index is 0.337. The van der Waals surface area contributed by atoms with Crippen LogP contribution in [-0.4, -0.2) is 65.6 Å². The molecular weight excluding hydrogens is 242 g/mol. The number of nitrogens with zero attached hydrogens (tertiary/aromatic N) is 2. The molecule has 0 amide bonds. The van der Waals surface area contributed by atoms with Crippen LogP contribution in [-0.2, 0) is 0 Å². The van der Waals surface area contributed by atoms with Gasteiger partial charge in [-0.05, 0) is 56.7 Å². The van der Waals surface area contributed by atoms with Crippen LogP contribution in [0.3, 0.4) is 0 Å². The first-order valence-electron chi connectivity index (χ1n) is 7.61. The zero-order valence-corrected chi connectivity index (χ0v) is 12.3. The zero-order valence-electron chi connectivity index (χ0n) is 11.4. The highest BCUT2D eigenvalue weighted by Crippen LogP contribution is 2.34. The van der Waals surface area contributed by atoms with Crippen molar-refractivity contribution < 1.29 is 0 Å². The molecule has 3 rings (SSSR count). The summed E-state index contributed by atoms with van der Waals surface area (Å²) in [4.78, 5) is 5.50. The van der Waals surface area contributed by atoms with E-state index < -0.39 is 0 Å². The van der Waals surface area contributed by atoms with Crippen LogP contribution in [0.2, 0.25) is 0 Å². The van der Waals surface area contributed by atoms with Crippen molar-refractivity contribution in [3.63, 3.8) is 0 Å². The molecule has 0 aromatic carbocycles. The molecule has 0 radical (unpaired) electrons. The van der Waals surface area contributed by atoms with Crippen molar-refractivity contribution in [1.82, 2.24) is 9.80 Å². The summed E-state index contributed by atoms with van der Waals surface area (Å²) in [6.07, 6.45) is 6.77. The van der Waals surface area contributed by atoms with Crippen LogP contribution in [0.25, 0.3) is 0 Å². The summed E-state index contributed by atoms with van der Waals surface area (Å²) >= 11 is 2.11. The molecule has 0 aromatic heterocycles. The Morgan fingerprint density at radius 2 is 1.89 bits per heavy atom. The van der Waals surface area contributed by atoms with E-state index in [1.807, 2.05) is 0 Å². The monoisotopic (exact) mass is 269 g/mol. The van der Waals surface area contributed by atoms with Crippen LogP contribution in [0.5, 0.6) is 0 Å².